The van der Waals surface area contributed by atoms with Crippen LogP contribution in [0, 0.1) is 13.8 Å². The third-order valence-corrected chi connectivity index (χ3v) is 13.0. The summed E-state index contributed by atoms with van der Waals surface area (Å²) in [6, 6.07) is 14.1. The van der Waals surface area contributed by atoms with Crippen molar-refractivity contribution < 1.29 is 19.1 Å². The van der Waals surface area contributed by atoms with Crippen LogP contribution in [-0.4, -0.2) is 46.0 Å². The van der Waals surface area contributed by atoms with E-state index in [2.05, 4.69) is 86.6 Å². The molecule has 0 bridgehead atoms. The number of benzene rings is 3. The third-order valence-electron chi connectivity index (χ3n) is 12.2. The van der Waals surface area contributed by atoms with E-state index in [9.17, 15) is 14.4 Å². The Kier molecular flexibility index (Phi) is 17.6. The van der Waals surface area contributed by atoms with E-state index >= 15 is 0 Å². The van der Waals surface area contributed by atoms with E-state index in [0.29, 0.717) is 22.8 Å². The molecule has 2 heterocycles. The molecule has 1 unspecified atom stereocenters. The van der Waals surface area contributed by atoms with Crippen LogP contribution >= 0.6 is 34.8 Å². The van der Waals surface area contributed by atoms with Crippen molar-refractivity contribution in [3.8, 4) is 5.75 Å². The highest BCUT2D eigenvalue weighted by atomic mass is 35.5. The maximum atomic E-state index is 14.1. The Hall–Kier alpha value is -4.78. The Morgan fingerprint density at radius 3 is 2.14 bits per heavy atom. The minimum Gasteiger partial charge on any atom is -0.483 e. The van der Waals surface area contributed by atoms with Gasteiger partial charge in [0.1, 0.15) is 17.1 Å². The monoisotopic (exact) mass is 932 g/mol. The average molecular weight is 934 g/mol. The molecule has 3 amide bonds. The number of anilines is 2. The van der Waals surface area contributed by atoms with Crippen LogP contribution in [0.25, 0.3) is 0 Å². The summed E-state index contributed by atoms with van der Waals surface area (Å²) >= 11 is 19.2. The van der Waals surface area contributed by atoms with E-state index in [1.165, 1.54) is 62.3 Å². The van der Waals surface area contributed by atoms with Gasteiger partial charge in [-0.1, -0.05) is 146 Å². The van der Waals surface area contributed by atoms with Crippen molar-refractivity contribution in [2.24, 2.45) is 15.3 Å². The first kappa shape index (κ1) is 50.2. The van der Waals surface area contributed by atoms with Gasteiger partial charge in [-0.3, -0.25) is 19.1 Å². The Morgan fingerprint density at radius 1 is 0.828 bits per heavy atom. The predicted octanol–water partition coefficient (Wildman–Crippen LogP) is 13.2. The number of rotatable bonds is 21. The van der Waals surface area contributed by atoms with Crippen LogP contribution < -0.4 is 20.4 Å². The smallest absolute Gasteiger partial charge is 0.282 e. The van der Waals surface area contributed by atoms with Crippen LogP contribution in [0.3, 0.4) is 0 Å². The van der Waals surface area contributed by atoms with Gasteiger partial charge in [-0.15, -0.1) is 5.10 Å². The summed E-state index contributed by atoms with van der Waals surface area (Å²) in [5.41, 5.74) is 4.67. The van der Waals surface area contributed by atoms with Gasteiger partial charge in [0.15, 0.2) is 12.4 Å². The van der Waals surface area contributed by atoms with Gasteiger partial charge < -0.3 is 15.4 Å². The first-order valence-electron chi connectivity index (χ1n) is 22.4. The Bertz CT molecular complexity index is 2350. The molecule has 1 aromatic heterocycles. The van der Waals surface area contributed by atoms with Gasteiger partial charge in [-0.05, 0) is 85.9 Å². The largest absolute Gasteiger partial charge is 0.483 e. The molecule has 1 aliphatic rings. The quantitative estimate of drug-likeness (QED) is 0.0632. The number of hydrogen-bond donors (Lipinski definition) is 2. The average Bonchev–Trinajstić information content (AvgIpc) is 3.70. The summed E-state index contributed by atoms with van der Waals surface area (Å²) in [7, 11) is 0. The maximum Gasteiger partial charge on any atom is 0.282 e. The van der Waals surface area contributed by atoms with E-state index in [1.807, 2.05) is 24.6 Å². The second-order valence-corrected chi connectivity index (χ2v) is 19.0. The van der Waals surface area contributed by atoms with E-state index in [-0.39, 0.29) is 49.6 Å². The number of hydrogen-bond acceptors (Lipinski definition) is 8. The Morgan fingerprint density at radius 2 is 1.48 bits per heavy atom. The Labute approximate surface area is 393 Å². The van der Waals surface area contributed by atoms with Crippen LogP contribution in [0.1, 0.15) is 146 Å². The van der Waals surface area contributed by atoms with Crippen molar-refractivity contribution in [3.05, 3.63) is 97.7 Å². The van der Waals surface area contributed by atoms with Crippen molar-refractivity contribution in [3.63, 3.8) is 0 Å². The van der Waals surface area contributed by atoms with Crippen LogP contribution in [0.4, 0.5) is 17.1 Å². The van der Waals surface area contributed by atoms with Gasteiger partial charge in [0.05, 0.1) is 21.4 Å². The van der Waals surface area contributed by atoms with Gasteiger partial charge in [0.2, 0.25) is 6.04 Å². The second kappa shape index (κ2) is 22.4. The number of unbranched alkanes of at least 4 members (excludes halogenated alkanes) is 7. The molecule has 3 aromatic carbocycles. The number of amides is 3. The number of halogens is 3. The highest BCUT2D eigenvalue weighted by Gasteiger charge is 2.40. The molecule has 0 spiro atoms. The molecule has 5 rings (SSSR count). The molecule has 344 valence electrons. The van der Waals surface area contributed by atoms with Gasteiger partial charge in [0, 0.05) is 28.4 Å². The van der Waals surface area contributed by atoms with E-state index < -0.39 is 23.8 Å². The lowest BCUT2D eigenvalue weighted by atomic mass is 9.76. The number of aryl methyl sites for hydroxylation is 2. The molecule has 0 saturated heterocycles. The number of hydrazone groups is 1. The molecule has 12 nitrogen and oxygen atoms in total. The summed E-state index contributed by atoms with van der Waals surface area (Å²) in [5.74, 6) is -1.12. The fourth-order valence-electron chi connectivity index (χ4n) is 7.37. The van der Waals surface area contributed by atoms with E-state index in [0.717, 1.165) is 48.5 Å². The zero-order valence-corrected chi connectivity index (χ0v) is 41.0. The minimum atomic E-state index is -1.37. The number of aromatic nitrogens is 2. The minimum absolute atomic E-state index is 0.0103. The lowest BCUT2D eigenvalue weighted by Crippen LogP contribution is -2.39. The van der Waals surface area contributed by atoms with Crippen LogP contribution in [-0.2, 0) is 27.0 Å². The molecule has 0 aliphatic carbocycles. The van der Waals surface area contributed by atoms with Crippen molar-refractivity contribution in [2.45, 2.75) is 150 Å². The van der Waals surface area contributed by atoms with Gasteiger partial charge in [-0.2, -0.15) is 20.3 Å². The third kappa shape index (κ3) is 12.5. The van der Waals surface area contributed by atoms with Gasteiger partial charge in [-0.25, -0.2) is 0 Å². The normalized spacial score (nSPS) is 14.4. The molecule has 0 fully saturated rings. The van der Waals surface area contributed by atoms with Crippen LogP contribution in [0.5, 0.6) is 5.75 Å². The number of nitrogens with one attached hydrogen (secondary N) is 2. The zero-order chi connectivity index (χ0) is 46.8. The van der Waals surface area contributed by atoms with Crippen LogP contribution in [0.15, 0.2) is 69.9 Å². The zero-order valence-electron chi connectivity index (χ0n) is 38.7. The van der Waals surface area contributed by atoms with Gasteiger partial charge in [0.25, 0.3) is 17.7 Å². The number of carbonyl (C=O) groups is 3. The summed E-state index contributed by atoms with van der Waals surface area (Å²) in [6.45, 7) is 19.6. The molecular weight excluding hydrogens is 871 g/mol. The summed E-state index contributed by atoms with van der Waals surface area (Å²) in [5, 5.41) is 25.1. The fraction of sp³-hybridized carbons (Fsp3) is 0.490. The molecule has 2 N–H and O–H groups in total. The first-order valence-corrected chi connectivity index (χ1v) is 23.5. The second-order valence-electron chi connectivity index (χ2n) is 17.7. The highest BCUT2D eigenvalue weighted by Crippen LogP contribution is 2.40. The fourth-order valence-corrected chi connectivity index (χ4v) is 8.34. The van der Waals surface area contributed by atoms with Crippen LogP contribution in [0.2, 0.25) is 15.1 Å². The van der Waals surface area contributed by atoms with Crippen molar-refractivity contribution >= 4 is 75.4 Å². The lowest BCUT2D eigenvalue weighted by molar-refractivity contribution is -0.118. The highest BCUT2D eigenvalue weighted by molar-refractivity contribution is 6.43. The molecule has 4 aromatic rings. The maximum absolute atomic E-state index is 14.1. The number of amidine groups is 1. The van der Waals surface area contributed by atoms with E-state index in [1.54, 1.807) is 18.2 Å². The molecular formula is C49H63Cl3N8O4. The summed E-state index contributed by atoms with van der Waals surface area (Å²) in [6.07, 6.45) is 11.5. The van der Waals surface area contributed by atoms with Crippen molar-refractivity contribution in [1.29, 1.82) is 0 Å². The number of ether oxygens (including phenoxy) is 1. The Balaban J connectivity index is 1.32. The summed E-state index contributed by atoms with van der Waals surface area (Å²) < 4.78 is 8.05. The SMILES string of the molecule is CCCCCCCCCCn1nc(C)c(N=NC2C(=O)N(c3c(Cl)cc(Cl)cc3Cl)N=C2NC(=O)c2cccc(NC(=O)COc3ccc(C(C)(C)CC)cc3C(C)(C)CC)c2)c1C. The first-order chi connectivity index (χ1) is 30.4. The lowest BCUT2D eigenvalue weighted by Gasteiger charge is -2.30. The standard InChI is InChI=1S/C49H63Cl3N8O4/c1-10-13-14-15-16-17-18-19-25-59-32(5)42(31(4)57-59)55-56-43-45(58-60(47(43)63)44-38(51)28-35(50)29-39(44)52)54-46(62)33-21-20-22-36(26-33)53-41(61)30-64-40-24-23-34(48(6,7)11-2)27-37(40)49(8,9)12-3/h20-24,26-29,43H,10-19,25,30H2,1-9H3,(H,53,61)(H,54,58,62). The van der Waals surface area contributed by atoms with E-state index in [4.69, 9.17) is 44.6 Å². The molecule has 1 atom stereocenters. The van der Waals surface area contributed by atoms with Gasteiger partial charge >= 0.3 is 0 Å². The molecule has 1 aliphatic heterocycles. The molecule has 0 radical (unpaired) electrons. The topological polar surface area (TPSA) is 143 Å². The number of carbonyl (C=O) groups excluding carboxylic acids is 3. The summed E-state index contributed by atoms with van der Waals surface area (Å²) in [4.78, 5) is 41.2. The number of nitrogens with zero attached hydrogens (tertiary/aromatic N) is 6. The predicted molar refractivity (Wildman–Crippen MR) is 260 cm³/mol. The van der Waals surface area contributed by atoms with Crippen molar-refractivity contribution in [2.75, 3.05) is 16.9 Å². The number of azo groups is 1. The molecule has 0 saturated carbocycles. The van der Waals surface area contributed by atoms with Crippen molar-refractivity contribution in [1.82, 2.24) is 15.1 Å². The molecule has 15 heteroatoms. The molecule has 64 heavy (non-hydrogen) atoms.